The highest BCUT2D eigenvalue weighted by Crippen LogP contribution is 2.13. The molecular formula is C25H22FN5O4. The van der Waals surface area contributed by atoms with Gasteiger partial charge < -0.3 is 10.1 Å². The van der Waals surface area contributed by atoms with Crippen molar-refractivity contribution in [3.63, 3.8) is 0 Å². The smallest absolute Gasteiger partial charge is 0.352 e. The molecule has 2 heterocycles. The molecule has 4 rings (SSSR count). The molecule has 0 unspecified atom stereocenters. The monoisotopic (exact) mass is 475 g/mol. The van der Waals surface area contributed by atoms with Crippen molar-refractivity contribution in [2.45, 2.75) is 13.0 Å². The topological polar surface area (TPSA) is 108 Å². The molecule has 178 valence electrons. The summed E-state index contributed by atoms with van der Waals surface area (Å²) in [6.07, 6.45) is 2.07. The number of aromatic nitrogens is 4. The number of nitrogens with one attached hydrogen (secondary N) is 1. The predicted octanol–water partition coefficient (Wildman–Crippen LogP) is 1.96. The van der Waals surface area contributed by atoms with E-state index in [0.29, 0.717) is 17.7 Å². The van der Waals surface area contributed by atoms with Crippen LogP contribution < -0.4 is 21.3 Å². The number of para-hydroxylation sites is 1. The van der Waals surface area contributed by atoms with Gasteiger partial charge in [-0.3, -0.25) is 19.1 Å². The van der Waals surface area contributed by atoms with Crippen molar-refractivity contribution in [2.24, 2.45) is 0 Å². The fraction of sp³-hybridized carbons (Fsp3) is 0.160. The number of amides is 1. The maximum absolute atomic E-state index is 14.5. The van der Waals surface area contributed by atoms with Gasteiger partial charge in [-0.05, 0) is 42.0 Å². The van der Waals surface area contributed by atoms with Crippen molar-refractivity contribution >= 4 is 5.91 Å². The second-order valence-corrected chi connectivity index (χ2v) is 7.56. The molecular weight excluding hydrogens is 453 g/mol. The summed E-state index contributed by atoms with van der Waals surface area (Å²) >= 11 is 0. The molecule has 10 heteroatoms. The van der Waals surface area contributed by atoms with E-state index in [0.717, 1.165) is 21.0 Å². The Morgan fingerprint density at radius 2 is 1.86 bits per heavy atom. The minimum absolute atomic E-state index is 0.167. The molecule has 0 aliphatic heterocycles. The lowest BCUT2D eigenvalue weighted by Crippen LogP contribution is -2.46. The van der Waals surface area contributed by atoms with E-state index in [9.17, 15) is 18.8 Å². The molecule has 0 aliphatic carbocycles. The first-order valence-electron chi connectivity index (χ1n) is 10.8. The molecule has 4 aromatic rings. The molecule has 0 radical (unpaired) electrons. The van der Waals surface area contributed by atoms with Crippen LogP contribution in [0.2, 0.25) is 0 Å². The molecule has 2 aromatic carbocycles. The number of carbonyl (C=O) groups excluding carboxylic acids is 1. The summed E-state index contributed by atoms with van der Waals surface area (Å²) < 4.78 is 21.3. The van der Waals surface area contributed by atoms with E-state index in [1.807, 2.05) is 12.1 Å². The third-order valence-corrected chi connectivity index (χ3v) is 5.22. The van der Waals surface area contributed by atoms with Gasteiger partial charge >= 0.3 is 5.69 Å². The van der Waals surface area contributed by atoms with E-state index < -0.39 is 28.7 Å². The average molecular weight is 475 g/mol. The van der Waals surface area contributed by atoms with E-state index >= 15 is 0 Å². The highest BCUT2D eigenvalue weighted by Gasteiger charge is 2.21. The quantitative estimate of drug-likeness (QED) is 0.417. The fourth-order valence-electron chi connectivity index (χ4n) is 3.46. The van der Waals surface area contributed by atoms with Crippen molar-refractivity contribution in [1.82, 2.24) is 24.6 Å². The Kier molecular flexibility index (Phi) is 7.10. The Balaban J connectivity index is 1.73. The van der Waals surface area contributed by atoms with E-state index in [1.165, 1.54) is 25.3 Å². The van der Waals surface area contributed by atoms with E-state index in [4.69, 9.17) is 4.74 Å². The summed E-state index contributed by atoms with van der Waals surface area (Å²) in [6, 6.07) is 17.7. The van der Waals surface area contributed by atoms with Crippen LogP contribution in [0, 0.1) is 5.82 Å². The van der Waals surface area contributed by atoms with Crippen molar-refractivity contribution < 1.29 is 13.9 Å². The number of carbonyl (C=O) groups is 1. The largest absolute Gasteiger partial charge is 0.497 e. The second kappa shape index (κ2) is 10.6. The average Bonchev–Trinajstić information content (AvgIpc) is 2.88. The summed E-state index contributed by atoms with van der Waals surface area (Å²) in [6.45, 7) is 0.0196. The molecule has 0 spiro atoms. The first-order valence-corrected chi connectivity index (χ1v) is 10.8. The van der Waals surface area contributed by atoms with Gasteiger partial charge in [-0.15, -0.1) is 0 Å². The molecule has 2 aromatic heterocycles. The number of rotatable bonds is 8. The number of ether oxygens (including phenoxy) is 1. The van der Waals surface area contributed by atoms with Crippen LogP contribution in [0.25, 0.3) is 5.69 Å². The number of halogens is 1. The second-order valence-electron chi connectivity index (χ2n) is 7.56. The van der Waals surface area contributed by atoms with Gasteiger partial charge in [0.1, 0.15) is 17.3 Å². The molecule has 0 saturated heterocycles. The van der Waals surface area contributed by atoms with Crippen LogP contribution in [0.3, 0.4) is 0 Å². The van der Waals surface area contributed by atoms with Gasteiger partial charge in [0, 0.05) is 24.9 Å². The number of hydrogen-bond donors (Lipinski definition) is 1. The van der Waals surface area contributed by atoms with Gasteiger partial charge in [-0.2, -0.15) is 9.78 Å². The fourth-order valence-corrected chi connectivity index (χ4v) is 3.46. The Morgan fingerprint density at radius 1 is 1.06 bits per heavy atom. The third kappa shape index (κ3) is 5.32. The molecule has 9 nitrogen and oxygen atoms in total. The van der Waals surface area contributed by atoms with Gasteiger partial charge in [0.2, 0.25) is 5.69 Å². The zero-order chi connectivity index (χ0) is 24.8. The van der Waals surface area contributed by atoms with Crippen LogP contribution in [0.15, 0.2) is 82.5 Å². The van der Waals surface area contributed by atoms with E-state index in [1.54, 1.807) is 36.5 Å². The summed E-state index contributed by atoms with van der Waals surface area (Å²) in [5.41, 5.74) is -1.14. The van der Waals surface area contributed by atoms with Crippen LogP contribution in [0.1, 0.15) is 21.7 Å². The molecule has 0 atom stereocenters. The summed E-state index contributed by atoms with van der Waals surface area (Å²) in [4.78, 5) is 43.5. The highest BCUT2D eigenvalue weighted by molar-refractivity contribution is 5.91. The van der Waals surface area contributed by atoms with Gasteiger partial charge in [0.05, 0.1) is 13.7 Å². The summed E-state index contributed by atoms with van der Waals surface area (Å²) in [7, 11) is 1.50. The third-order valence-electron chi connectivity index (χ3n) is 5.22. The Bertz CT molecular complexity index is 1470. The maximum atomic E-state index is 14.5. The normalized spacial score (nSPS) is 10.7. The minimum Gasteiger partial charge on any atom is -0.497 e. The Hall–Kier alpha value is -4.60. The zero-order valence-electron chi connectivity index (χ0n) is 18.8. The van der Waals surface area contributed by atoms with Crippen LogP contribution in [-0.4, -0.2) is 38.9 Å². The van der Waals surface area contributed by atoms with Crippen molar-refractivity contribution in [1.29, 1.82) is 0 Å². The van der Waals surface area contributed by atoms with Crippen LogP contribution >= 0.6 is 0 Å². The Labute approximate surface area is 199 Å². The first-order chi connectivity index (χ1) is 17.0. The molecule has 0 bridgehead atoms. The number of pyridine rings is 1. The molecule has 35 heavy (non-hydrogen) atoms. The van der Waals surface area contributed by atoms with Gasteiger partial charge in [-0.25, -0.2) is 9.18 Å². The van der Waals surface area contributed by atoms with Crippen molar-refractivity contribution in [2.75, 3.05) is 13.7 Å². The number of nitrogens with zero attached hydrogens (tertiary/aromatic N) is 4. The van der Waals surface area contributed by atoms with Gasteiger partial charge in [0.25, 0.3) is 11.5 Å². The van der Waals surface area contributed by atoms with Crippen molar-refractivity contribution in [3.8, 4) is 11.4 Å². The highest BCUT2D eigenvalue weighted by atomic mass is 19.1. The standard InChI is InChI=1S/C25H22FN5O4/c1-35-19-9-6-7-17(15-19)16-30-24(33)22(23(32)28-14-12-18-8-4-5-13-27-18)29-31(25(30)34)21-11-3-2-10-20(21)26/h2-11,13,15H,12,14,16H2,1H3,(H,28,32). The summed E-state index contributed by atoms with van der Waals surface area (Å²) in [5.74, 6) is -0.975. The van der Waals surface area contributed by atoms with Gasteiger partial charge in [0.15, 0.2) is 0 Å². The molecule has 0 fully saturated rings. The molecule has 1 N–H and O–H groups in total. The van der Waals surface area contributed by atoms with Gasteiger partial charge in [-0.1, -0.05) is 30.3 Å². The molecule has 0 saturated carbocycles. The maximum Gasteiger partial charge on any atom is 0.352 e. The first kappa shape index (κ1) is 23.6. The number of methoxy groups -OCH3 is 1. The van der Waals surface area contributed by atoms with E-state index in [-0.39, 0.29) is 18.8 Å². The van der Waals surface area contributed by atoms with Crippen molar-refractivity contribution in [3.05, 3.63) is 117 Å². The lowest BCUT2D eigenvalue weighted by atomic mass is 10.2. The predicted molar refractivity (Wildman–Crippen MR) is 126 cm³/mol. The minimum atomic E-state index is -0.888. The molecule has 0 aliphatic rings. The lowest BCUT2D eigenvalue weighted by Gasteiger charge is -2.13. The van der Waals surface area contributed by atoms with Crippen LogP contribution in [0.4, 0.5) is 4.39 Å². The zero-order valence-corrected chi connectivity index (χ0v) is 18.8. The molecule has 1 amide bonds. The van der Waals surface area contributed by atoms with E-state index in [2.05, 4.69) is 15.4 Å². The number of benzene rings is 2. The Morgan fingerprint density at radius 3 is 2.60 bits per heavy atom. The van der Waals surface area contributed by atoms with Crippen LogP contribution in [0.5, 0.6) is 5.75 Å². The SMILES string of the molecule is COc1cccc(Cn2c(=O)c(C(=O)NCCc3ccccn3)nn(-c3ccccc3F)c2=O)c1. The van der Waals surface area contributed by atoms with Crippen LogP contribution in [-0.2, 0) is 13.0 Å². The lowest BCUT2D eigenvalue weighted by molar-refractivity contribution is 0.0944. The summed E-state index contributed by atoms with van der Waals surface area (Å²) in [5, 5.41) is 6.57. The number of hydrogen-bond acceptors (Lipinski definition) is 6.